The molecule has 2 aromatic carbocycles. The molecule has 120 valence electrons. The molecular formula is C18H14N2O4. The standard InChI is InChI=1S/C18H14N2O4/c1-10-8-12(18(22)23)4-7-16(10)24-13-5-2-11-3-6-14(17(19)21)20-15(11)9-13/h2-9H,1H3,(H2,19,21)(H,22,23). The fraction of sp³-hybridized carbons (Fsp3) is 0.0556. The third kappa shape index (κ3) is 3.03. The van der Waals surface area contributed by atoms with Crippen molar-refractivity contribution in [2.24, 2.45) is 5.73 Å². The second kappa shape index (κ2) is 6.00. The number of benzene rings is 2. The Morgan fingerprint density at radius 1 is 1.08 bits per heavy atom. The number of primary amides is 1. The van der Waals surface area contributed by atoms with Crippen LogP contribution in [0.2, 0.25) is 0 Å². The van der Waals surface area contributed by atoms with Crippen molar-refractivity contribution in [2.75, 3.05) is 0 Å². The first-order valence-corrected chi connectivity index (χ1v) is 7.16. The zero-order valence-corrected chi connectivity index (χ0v) is 12.8. The molecule has 1 aromatic heterocycles. The van der Waals surface area contributed by atoms with E-state index in [4.69, 9.17) is 15.6 Å². The number of carboxylic acid groups (broad SMARTS) is 1. The number of nitrogens with zero attached hydrogens (tertiary/aromatic N) is 1. The lowest BCUT2D eigenvalue weighted by Gasteiger charge is -2.10. The van der Waals surface area contributed by atoms with Gasteiger partial charge in [-0.25, -0.2) is 9.78 Å². The van der Waals surface area contributed by atoms with Crippen molar-refractivity contribution < 1.29 is 19.4 Å². The van der Waals surface area contributed by atoms with Gasteiger partial charge in [-0.15, -0.1) is 0 Å². The Morgan fingerprint density at radius 3 is 2.50 bits per heavy atom. The minimum atomic E-state index is -0.987. The molecular weight excluding hydrogens is 308 g/mol. The molecule has 0 unspecified atom stereocenters. The fourth-order valence-corrected chi connectivity index (χ4v) is 2.32. The number of amides is 1. The van der Waals surface area contributed by atoms with Crippen LogP contribution < -0.4 is 10.5 Å². The van der Waals surface area contributed by atoms with Crippen LogP contribution in [0.5, 0.6) is 11.5 Å². The number of carboxylic acids is 1. The number of aromatic nitrogens is 1. The van der Waals surface area contributed by atoms with E-state index in [1.54, 1.807) is 43.3 Å². The molecule has 0 saturated carbocycles. The first-order valence-electron chi connectivity index (χ1n) is 7.16. The number of ether oxygens (including phenoxy) is 1. The van der Waals surface area contributed by atoms with Crippen molar-refractivity contribution in [1.82, 2.24) is 4.98 Å². The van der Waals surface area contributed by atoms with E-state index >= 15 is 0 Å². The van der Waals surface area contributed by atoms with Gasteiger partial charge in [0, 0.05) is 11.5 Å². The average Bonchev–Trinajstić information content (AvgIpc) is 2.55. The quantitative estimate of drug-likeness (QED) is 0.768. The van der Waals surface area contributed by atoms with Crippen LogP contribution in [0.3, 0.4) is 0 Å². The number of aromatic carboxylic acids is 1. The van der Waals surface area contributed by atoms with Crippen LogP contribution >= 0.6 is 0 Å². The summed E-state index contributed by atoms with van der Waals surface area (Å²) in [5, 5.41) is 9.84. The molecule has 0 bridgehead atoms. The molecule has 3 N–H and O–H groups in total. The molecule has 6 heteroatoms. The molecule has 0 saturated heterocycles. The second-order valence-corrected chi connectivity index (χ2v) is 5.30. The molecule has 0 aliphatic rings. The number of fused-ring (bicyclic) bond motifs is 1. The second-order valence-electron chi connectivity index (χ2n) is 5.30. The van der Waals surface area contributed by atoms with Crippen LogP contribution in [0, 0.1) is 6.92 Å². The zero-order valence-electron chi connectivity index (χ0n) is 12.8. The average molecular weight is 322 g/mol. The lowest BCUT2D eigenvalue weighted by molar-refractivity contribution is 0.0696. The van der Waals surface area contributed by atoms with Crippen LogP contribution in [0.15, 0.2) is 48.5 Å². The maximum absolute atomic E-state index is 11.2. The highest BCUT2D eigenvalue weighted by Gasteiger charge is 2.09. The molecule has 24 heavy (non-hydrogen) atoms. The Morgan fingerprint density at radius 2 is 1.83 bits per heavy atom. The van der Waals surface area contributed by atoms with Crippen LogP contribution in [-0.2, 0) is 0 Å². The number of carbonyl (C=O) groups is 2. The number of carbonyl (C=O) groups excluding carboxylic acids is 1. The van der Waals surface area contributed by atoms with Gasteiger partial charge in [-0.1, -0.05) is 6.07 Å². The topological polar surface area (TPSA) is 103 Å². The molecule has 3 rings (SSSR count). The Labute approximate surface area is 137 Å². The smallest absolute Gasteiger partial charge is 0.335 e. The molecule has 0 spiro atoms. The normalized spacial score (nSPS) is 10.5. The summed E-state index contributed by atoms with van der Waals surface area (Å²) in [5.41, 5.74) is 6.92. The van der Waals surface area contributed by atoms with Crippen LogP contribution in [0.25, 0.3) is 10.9 Å². The van der Waals surface area contributed by atoms with Crippen LogP contribution in [-0.4, -0.2) is 22.0 Å². The maximum Gasteiger partial charge on any atom is 0.335 e. The van der Waals surface area contributed by atoms with E-state index in [9.17, 15) is 9.59 Å². The fourth-order valence-electron chi connectivity index (χ4n) is 2.32. The van der Waals surface area contributed by atoms with E-state index in [0.717, 1.165) is 5.39 Å². The Balaban J connectivity index is 1.95. The van der Waals surface area contributed by atoms with Crippen LogP contribution in [0.4, 0.5) is 0 Å². The van der Waals surface area contributed by atoms with E-state index in [2.05, 4.69) is 4.98 Å². The molecule has 0 fully saturated rings. The summed E-state index contributed by atoms with van der Waals surface area (Å²) in [6.07, 6.45) is 0. The van der Waals surface area contributed by atoms with Gasteiger partial charge in [-0.05, 0) is 48.9 Å². The van der Waals surface area contributed by atoms with Gasteiger partial charge in [0.2, 0.25) is 0 Å². The van der Waals surface area contributed by atoms with E-state index in [0.29, 0.717) is 22.6 Å². The zero-order chi connectivity index (χ0) is 17.3. The first kappa shape index (κ1) is 15.5. The molecule has 1 amide bonds. The van der Waals surface area contributed by atoms with Gasteiger partial charge in [0.15, 0.2) is 0 Å². The minimum Gasteiger partial charge on any atom is -0.478 e. The number of pyridine rings is 1. The highest BCUT2D eigenvalue weighted by atomic mass is 16.5. The van der Waals surface area contributed by atoms with Crippen molar-refractivity contribution >= 4 is 22.8 Å². The minimum absolute atomic E-state index is 0.182. The molecule has 0 radical (unpaired) electrons. The van der Waals surface area contributed by atoms with Gasteiger partial charge in [0.25, 0.3) is 5.91 Å². The third-order valence-corrected chi connectivity index (χ3v) is 3.57. The lowest BCUT2D eigenvalue weighted by atomic mass is 10.1. The van der Waals surface area contributed by atoms with Gasteiger partial charge in [-0.3, -0.25) is 4.79 Å². The Kier molecular flexibility index (Phi) is 3.87. The molecule has 6 nitrogen and oxygen atoms in total. The molecule has 0 atom stereocenters. The SMILES string of the molecule is Cc1cc(C(=O)O)ccc1Oc1ccc2ccc(C(N)=O)nc2c1. The summed E-state index contributed by atoms with van der Waals surface area (Å²) in [5.74, 6) is -0.505. The molecule has 0 aliphatic carbocycles. The number of hydrogen-bond donors (Lipinski definition) is 2. The van der Waals surface area contributed by atoms with Crippen LogP contribution in [0.1, 0.15) is 26.4 Å². The number of hydrogen-bond acceptors (Lipinski definition) is 4. The van der Waals surface area contributed by atoms with Crippen molar-refractivity contribution in [3.8, 4) is 11.5 Å². The van der Waals surface area contributed by atoms with Gasteiger partial charge in [0.05, 0.1) is 11.1 Å². The molecule has 1 heterocycles. The van der Waals surface area contributed by atoms with Crippen molar-refractivity contribution in [2.45, 2.75) is 6.92 Å². The highest BCUT2D eigenvalue weighted by molar-refractivity contribution is 5.93. The van der Waals surface area contributed by atoms with E-state index in [1.807, 2.05) is 6.07 Å². The summed E-state index contributed by atoms with van der Waals surface area (Å²) in [6.45, 7) is 1.77. The number of aryl methyl sites for hydroxylation is 1. The predicted octanol–water partition coefficient (Wildman–Crippen LogP) is 3.13. The van der Waals surface area contributed by atoms with E-state index in [1.165, 1.54) is 6.07 Å². The maximum atomic E-state index is 11.2. The summed E-state index contributed by atoms with van der Waals surface area (Å²) in [7, 11) is 0. The van der Waals surface area contributed by atoms with Gasteiger partial charge in [0.1, 0.15) is 17.2 Å². The van der Waals surface area contributed by atoms with E-state index < -0.39 is 11.9 Å². The number of rotatable bonds is 4. The molecule has 3 aromatic rings. The Hall–Kier alpha value is -3.41. The van der Waals surface area contributed by atoms with Crippen molar-refractivity contribution in [1.29, 1.82) is 0 Å². The summed E-state index contributed by atoms with van der Waals surface area (Å²) < 4.78 is 5.80. The van der Waals surface area contributed by atoms with E-state index in [-0.39, 0.29) is 11.3 Å². The highest BCUT2D eigenvalue weighted by Crippen LogP contribution is 2.28. The summed E-state index contributed by atoms with van der Waals surface area (Å²) in [6, 6.07) is 13.3. The van der Waals surface area contributed by atoms with Gasteiger partial charge < -0.3 is 15.6 Å². The van der Waals surface area contributed by atoms with Gasteiger partial charge in [-0.2, -0.15) is 0 Å². The summed E-state index contributed by atoms with van der Waals surface area (Å²) in [4.78, 5) is 26.4. The molecule has 0 aliphatic heterocycles. The van der Waals surface area contributed by atoms with Crippen molar-refractivity contribution in [3.63, 3.8) is 0 Å². The van der Waals surface area contributed by atoms with Crippen molar-refractivity contribution in [3.05, 3.63) is 65.4 Å². The lowest BCUT2D eigenvalue weighted by Crippen LogP contribution is -2.12. The third-order valence-electron chi connectivity index (χ3n) is 3.57. The predicted molar refractivity (Wildman–Crippen MR) is 88.5 cm³/mol. The number of nitrogens with two attached hydrogens (primary N) is 1. The monoisotopic (exact) mass is 322 g/mol. The first-order chi connectivity index (χ1) is 11.4. The largest absolute Gasteiger partial charge is 0.478 e. The summed E-state index contributed by atoms with van der Waals surface area (Å²) >= 11 is 0. The Bertz CT molecular complexity index is 966. The van der Waals surface area contributed by atoms with Gasteiger partial charge >= 0.3 is 5.97 Å².